The number of carbonyl (C=O) groups excluding carboxylic acids is 2. The topological polar surface area (TPSA) is 135 Å². The van der Waals surface area contributed by atoms with Gasteiger partial charge < -0.3 is 25.0 Å². The molecule has 1 aliphatic heterocycles. The number of likely N-dealkylation sites (tertiary alicyclic amines) is 1. The minimum atomic E-state index is -4.29. The Morgan fingerprint density at radius 1 is 0.740 bits per heavy atom. The molecule has 1 saturated heterocycles. The van der Waals surface area contributed by atoms with Crippen molar-refractivity contribution in [3.05, 3.63) is 168 Å². The van der Waals surface area contributed by atoms with Crippen LogP contribution in [-0.4, -0.2) is 35.1 Å². The largest absolute Gasteiger partial charge is 0.457 e. The van der Waals surface area contributed by atoms with Gasteiger partial charge in [-0.2, -0.15) is 0 Å². The van der Waals surface area contributed by atoms with Crippen molar-refractivity contribution in [2.24, 2.45) is 5.73 Å². The zero-order chi connectivity index (χ0) is 34.9. The van der Waals surface area contributed by atoms with E-state index in [1.165, 1.54) is 0 Å². The highest BCUT2D eigenvalue weighted by Gasteiger charge is 2.44. The Balaban J connectivity index is 1.31. The SMILES string of the molecule is N=C(N)c1ccc(C(NC(=O)[C@@H]2CCCN2C(=O)CC(c2ccccc2)c2ccccc2)P(=O)(Oc2ccccc2)Oc2ccccc2)cc1. The van der Waals surface area contributed by atoms with Crippen molar-refractivity contribution in [1.29, 1.82) is 5.41 Å². The quantitative estimate of drug-likeness (QED) is 0.0662. The number of rotatable bonds is 13. The molecule has 1 fully saturated rings. The Morgan fingerprint density at radius 3 is 1.70 bits per heavy atom. The van der Waals surface area contributed by atoms with Crippen molar-refractivity contribution in [2.45, 2.75) is 37.0 Å². The van der Waals surface area contributed by atoms with Crippen molar-refractivity contribution in [3.63, 3.8) is 0 Å². The fraction of sp³-hybridized carbons (Fsp3) is 0.175. The van der Waals surface area contributed by atoms with Gasteiger partial charge >= 0.3 is 7.60 Å². The summed E-state index contributed by atoms with van der Waals surface area (Å²) in [6, 6.07) is 42.7. The molecule has 5 aromatic rings. The summed E-state index contributed by atoms with van der Waals surface area (Å²) in [7, 11) is -4.29. The highest BCUT2D eigenvalue weighted by atomic mass is 31.2. The van der Waals surface area contributed by atoms with E-state index in [0.29, 0.717) is 30.5 Å². The van der Waals surface area contributed by atoms with Gasteiger partial charge in [0.1, 0.15) is 23.4 Å². The molecule has 50 heavy (non-hydrogen) atoms. The predicted molar refractivity (Wildman–Crippen MR) is 194 cm³/mol. The van der Waals surface area contributed by atoms with Crippen molar-refractivity contribution in [2.75, 3.05) is 6.54 Å². The molecule has 0 radical (unpaired) electrons. The summed E-state index contributed by atoms with van der Waals surface area (Å²) in [5.41, 5.74) is 8.62. The number of nitrogens with two attached hydrogens (primary N) is 1. The molecule has 0 bridgehead atoms. The maximum absolute atomic E-state index is 15.1. The fourth-order valence-corrected chi connectivity index (χ4v) is 8.13. The van der Waals surface area contributed by atoms with E-state index in [1.807, 2.05) is 60.7 Å². The molecule has 0 aliphatic carbocycles. The lowest BCUT2D eigenvalue weighted by Gasteiger charge is -2.31. The Hall–Kier alpha value is -5.66. The van der Waals surface area contributed by atoms with E-state index in [9.17, 15) is 9.59 Å². The molecule has 2 atom stereocenters. The third kappa shape index (κ3) is 8.13. The van der Waals surface area contributed by atoms with Gasteiger partial charge in [0.05, 0.1) is 0 Å². The van der Waals surface area contributed by atoms with Crippen LogP contribution in [0.25, 0.3) is 0 Å². The highest BCUT2D eigenvalue weighted by molar-refractivity contribution is 7.55. The normalized spacial score (nSPS) is 14.9. The summed E-state index contributed by atoms with van der Waals surface area (Å²) in [5.74, 6) is -1.65. The number of amides is 2. The van der Waals surface area contributed by atoms with Crippen LogP contribution in [0, 0.1) is 5.41 Å². The number of nitrogens with one attached hydrogen (secondary N) is 2. The van der Waals surface area contributed by atoms with Gasteiger partial charge in [0.25, 0.3) is 0 Å². The smallest absolute Gasteiger partial charge is 0.414 e. The minimum Gasteiger partial charge on any atom is -0.414 e. The van der Waals surface area contributed by atoms with E-state index in [4.69, 9.17) is 20.2 Å². The number of amidine groups is 1. The Morgan fingerprint density at radius 2 is 1.22 bits per heavy atom. The van der Waals surface area contributed by atoms with Crippen LogP contribution < -0.4 is 20.1 Å². The molecule has 254 valence electrons. The molecule has 5 aromatic carbocycles. The second kappa shape index (κ2) is 15.7. The first-order valence-electron chi connectivity index (χ1n) is 16.5. The maximum atomic E-state index is 15.1. The molecule has 1 heterocycles. The lowest BCUT2D eigenvalue weighted by molar-refractivity contribution is -0.138. The first-order valence-corrected chi connectivity index (χ1v) is 18.1. The first-order chi connectivity index (χ1) is 24.3. The number of hydrogen-bond acceptors (Lipinski definition) is 6. The summed E-state index contributed by atoms with van der Waals surface area (Å²) in [4.78, 5) is 30.0. The average molecular weight is 687 g/mol. The van der Waals surface area contributed by atoms with E-state index < -0.39 is 25.3 Å². The highest BCUT2D eigenvalue weighted by Crippen LogP contribution is 2.59. The molecule has 9 nitrogen and oxygen atoms in total. The molecule has 2 amide bonds. The van der Waals surface area contributed by atoms with Crippen molar-refractivity contribution < 1.29 is 23.2 Å². The lowest BCUT2D eigenvalue weighted by Crippen LogP contribution is -2.47. The number of benzene rings is 5. The third-order valence-electron chi connectivity index (χ3n) is 8.74. The molecule has 0 saturated carbocycles. The summed E-state index contributed by atoms with van der Waals surface area (Å²) in [5, 5.41) is 10.8. The van der Waals surface area contributed by atoms with Gasteiger partial charge in [-0.05, 0) is 53.8 Å². The molecule has 1 aliphatic rings. The van der Waals surface area contributed by atoms with Gasteiger partial charge in [-0.15, -0.1) is 0 Å². The van der Waals surface area contributed by atoms with E-state index in [0.717, 1.165) is 11.1 Å². The van der Waals surface area contributed by atoms with Crippen LogP contribution in [0.1, 0.15) is 53.2 Å². The number of nitrogens with zero attached hydrogens (tertiary/aromatic N) is 1. The summed E-state index contributed by atoms with van der Waals surface area (Å²) < 4.78 is 27.4. The zero-order valence-electron chi connectivity index (χ0n) is 27.4. The monoisotopic (exact) mass is 686 g/mol. The molecule has 0 aromatic heterocycles. The second-order valence-corrected chi connectivity index (χ2v) is 14.1. The molecular formula is C40H39N4O5P. The number of para-hydroxylation sites is 2. The van der Waals surface area contributed by atoms with Gasteiger partial charge in [-0.3, -0.25) is 15.0 Å². The average Bonchev–Trinajstić information content (AvgIpc) is 3.65. The molecular weight excluding hydrogens is 647 g/mol. The predicted octanol–water partition coefficient (Wildman–Crippen LogP) is 7.65. The third-order valence-corrected chi connectivity index (χ3v) is 10.7. The minimum absolute atomic E-state index is 0.134. The van der Waals surface area contributed by atoms with Crippen molar-refractivity contribution >= 4 is 25.2 Å². The zero-order valence-corrected chi connectivity index (χ0v) is 28.3. The van der Waals surface area contributed by atoms with Crippen LogP contribution >= 0.6 is 7.60 Å². The van der Waals surface area contributed by atoms with Crippen LogP contribution in [0.15, 0.2) is 146 Å². The molecule has 1 unspecified atom stereocenters. The molecule has 0 spiro atoms. The van der Waals surface area contributed by atoms with Crippen LogP contribution in [-0.2, 0) is 14.2 Å². The van der Waals surface area contributed by atoms with Crippen molar-refractivity contribution in [1.82, 2.24) is 10.2 Å². The van der Waals surface area contributed by atoms with Crippen LogP contribution in [0.2, 0.25) is 0 Å². The molecule has 4 N–H and O–H groups in total. The van der Waals surface area contributed by atoms with Crippen LogP contribution in [0.3, 0.4) is 0 Å². The lowest BCUT2D eigenvalue weighted by atomic mass is 9.88. The Bertz CT molecular complexity index is 1860. The molecule has 10 heteroatoms. The second-order valence-electron chi connectivity index (χ2n) is 12.1. The summed E-state index contributed by atoms with van der Waals surface area (Å²) in [6.45, 7) is 0.421. The van der Waals surface area contributed by atoms with E-state index in [1.54, 1.807) is 89.8 Å². The molecule has 6 rings (SSSR count). The Kier molecular flexibility index (Phi) is 10.7. The van der Waals surface area contributed by atoms with Crippen LogP contribution in [0.4, 0.5) is 0 Å². The van der Waals surface area contributed by atoms with Crippen molar-refractivity contribution in [3.8, 4) is 11.5 Å². The van der Waals surface area contributed by atoms with E-state index in [2.05, 4.69) is 5.32 Å². The maximum Gasteiger partial charge on any atom is 0.457 e. The van der Waals surface area contributed by atoms with Crippen LogP contribution in [0.5, 0.6) is 11.5 Å². The van der Waals surface area contributed by atoms with Gasteiger partial charge in [0.2, 0.25) is 11.8 Å². The van der Waals surface area contributed by atoms with E-state index >= 15 is 4.57 Å². The number of carbonyl (C=O) groups is 2. The summed E-state index contributed by atoms with van der Waals surface area (Å²) in [6.07, 6.45) is 1.26. The first kappa shape index (κ1) is 34.2. The van der Waals surface area contributed by atoms with E-state index in [-0.39, 0.29) is 35.6 Å². The van der Waals surface area contributed by atoms with Gasteiger partial charge in [0.15, 0.2) is 5.78 Å². The number of nitrogen functional groups attached to an aromatic ring is 1. The standard InChI is InChI=1S/C40H39N4O5P/c41-38(42)31-23-25-32(26-24-31)40(50(47,48-33-18-9-3-10-19-33)49-34-20-11-4-12-21-34)43-39(46)36-22-13-27-44(36)37(45)28-35(29-14-5-1-6-15-29)30-16-7-2-8-17-30/h1-12,14-21,23-26,35-36,40H,13,22,27-28H2,(H3,41,42)(H,43,46)/t36-,40?/m0/s1. The van der Waals surface area contributed by atoms with Gasteiger partial charge in [-0.25, -0.2) is 4.57 Å². The van der Waals surface area contributed by atoms with Gasteiger partial charge in [0, 0.05) is 24.4 Å². The summed E-state index contributed by atoms with van der Waals surface area (Å²) >= 11 is 0. The van der Waals surface area contributed by atoms with Gasteiger partial charge in [-0.1, -0.05) is 121 Å². The Labute approximate surface area is 292 Å². The fourth-order valence-electron chi connectivity index (χ4n) is 6.23. The number of hydrogen-bond donors (Lipinski definition) is 3.